The molecule has 2 aliphatic rings. The Labute approximate surface area is 123 Å². The summed E-state index contributed by atoms with van der Waals surface area (Å²) in [6.07, 6.45) is 5.63. The van der Waals surface area contributed by atoms with Crippen molar-refractivity contribution in [1.29, 1.82) is 0 Å². The molecule has 0 aromatic heterocycles. The van der Waals surface area contributed by atoms with Crippen molar-refractivity contribution in [2.75, 3.05) is 13.1 Å². The number of nitrogens with zero attached hydrogens (tertiary/aromatic N) is 2. The van der Waals surface area contributed by atoms with Gasteiger partial charge in [0.1, 0.15) is 0 Å². The van der Waals surface area contributed by atoms with Gasteiger partial charge < -0.3 is 4.90 Å². The van der Waals surface area contributed by atoms with Crippen LogP contribution in [0.4, 0.5) is 0 Å². The van der Waals surface area contributed by atoms with Gasteiger partial charge in [-0.3, -0.25) is 4.79 Å². The fourth-order valence-electron chi connectivity index (χ4n) is 2.53. The Hall–Kier alpha value is -1.55. The Balaban J connectivity index is 1.76. The molecule has 3 nitrogen and oxygen atoms in total. The maximum Gasteiger partial charge on any atom is 0.286 e. The number of rotatable bonds is 1. The van der Waals surface area contributed by atoms with E-state index in [4.69, 9.17) is 0 Å². The first-order valence-electron chi connectivity index (χ1n) is 7.06. The fourth-order valence-corrected chi connectivity index (χ4v) is 3.49. The largest absolute Gasteiger partial charge is 0.351 e. The predicted molar refractivity (Wildman–Crippen MR) is 84.6 cm³/mol. The van der Waals surface area contributed by atoms with Gasteiger partial charge in [0.05, 0.1) is 4.91 Å². The van der Waals surface area contributed by atoms with E-state index in [1.54, 1.807) is 0 Å². The third-order valence-corrected chi connectivity index (χ3v) is 4.62. The van der Waals surface area contributed by atoms with Gasteiger partial charge in [-0.05, 0) is 49.6 Å². The van der Waals surface area contributed by atoms with Crippen molar-refractivity contribution in [3.8, 4) is 0 Å². The van der Waals surface area contributed by atoms with Crippen LogP contribution in [0.2, 0.25) is 0 Å². The fraction of sp³-hybridized carbons (Fsp3) is 0.375. The van der Waals surface area contributed by atoms with E-state index in [2.05, 4.69) is 28.9 Å². The van der Waals surface area contributed by atoms with E-state index < -0.39 is 0 Å². The molecule has 2 aliphatic heterocycles. The van der Waals surface area contributed by atoms with Crippen molar-refractivity contribution in [2.24, 2.45) is 4.99 Å². The van der Waals surface area contributed by atoms with E-state index in [0.29, 0.717) is 0 Å². The number of benzene rings is 1. The van der Waals surface area contributed by atoms with Gasteiger partial charge in [0.2, 0.25) is 0 Å². The lowest BCUT2D eigenvalue weighted by molar-refractivity contribution is -0.113. The minimum atomic E-state index is -0.0999. The van der Waals surface area contributed by atoms with Crippen LogP contribution in [0.25, 0.3) is 6.08 Å². The second kappa shape index (κ2) is 5.83. The number of thioether (sulfide) groups is 1. The molecule has 0 spiro atoms. The van der Waals surface area contributed by atoms with Gasteiger partial charge in [-0.15, -0.1) is 0 Å². The second-order valence-corrected chi connectivity index (χ2v) is 6.28. The minimum absolute atomic E-state index is 0.0999. The summed E-state index contributed by atoms with van der Waals surface area (Å²) in [5, 5.41) is 0.883. The lowest BCUT2D eigenvalue weighted by atomic mass is 10.1. The van der Waals surface area contributed by atoms with Crippen molar-refractivity contribution >= 4 is 28.9 Å². The van der Waals surface area contributed by atoms with E-state index in [1.165, 1.54) is 36.6 Å². The highest BCUT2D eigenvalue weighted by Gasteiger charge is 2.26. The van der Waals surface area contributed by atoms with Crippen molar-refractivity contribution in [3.05, 3.63) is 40.3 Å². The second-order valence-electron chi connectivity index (χ2n) is 5.27. The summed E-state index contributed by atoms with van der Waals surface area (Å²) in [5.41, 5.74) is 2.27. The molecule has 1 aromatic carbocycles. The molecule has 1 saturated heterocycles. The molecule has 2 heterocycles. The molecular formula is C16H18N2OS. The van der Waals surface area contributed by atoms with Crippen LogP contribution in [-0.2, 0) is 4.79 Å². The molecule has 0 atom stereocenters. The van der Waals surface area contributed by atoms with Crippen LogP contribution in [0.1, 0.15) is 30.4 Å². The zero-order valence-electron chi connectivity index (χ0n) is 11.6. The third kappa shape index (κ3) is 2.96. The van der Waals surface area contributed by atoms with Gasteiger partial charge in [-0.25, -0.2) is 0 Å². The molecule has 1 amide bonds. The molecule has 0 bridgehead atoms. The maximum absolute atomic E-state index is 12.0. The molecule has 3 rings (SSSR count). The van der Waals surface area contributed by atoms with Crippen molar-refractivity contribution < 1.29 is 4.79 Å². The van der Waals surface area contributed by atoms with E-state index >= 15 is 0 Å². The first-order valence-corrected chi connectivity index (χ1v) is 7.88. The maximum atomic E-state index is 12.0. The number of amides is 1. The molecule has 1 fully saturated rings. The van der Waals surface area contributed by atoms with Gasteiger partial charge in [-0.2, -0.15) is 4.99 Å². The SMILES string of the molecule is Cc1cccc(/C=C2\SC(N3CCCCC3)=NC2=O)c1. The minimum Gasteiger partial charge on any atom is -0.351 e. The number of piperidine rings is 1. The highest BCUT2D eigenvalue weighted by atomic mass is 32.2. The third-order valence-electron chi connectivity index (χ3n) is 3.58. The Bertz CT molecular complexity index is 586. The molecule has 0 saturated carbocycles. The van der Waals surface area contributed by atoms with Crippen LogP contribution < -0.4 is 0 Å². The summed E-state index contributed by atoms with van der Waals surface area (Å²) < 4.78 is 0. The van der Waals surface area contributed by atoms with Gasteiger partial charge in [0.15, 0.2) is 5.17 Å². The molecule has 0 aliphatic carbocycles. The van der Waals surface area contributed by atoms with Crippen molar-refractivity contribution in [3.63, 3.8) is 0 Å². The Morgan fingerprint density at radius 1 is 1.25 bits per heavy atom. The van der Waals surface area contributed by atoms with Crippen LogP contribution in [0.15, 0.2) is 34.2 Å². The smallest absolute Gasteiger partial charge is 0.286 e. The first-order chi connectivity index (χ1) is 9.72. The number of hydrogen-bond acceptors (Lipinski definition) is 3. The van der Waals surface area contributed by atoms with Crippen molar-refractivity contribution in [1.82, 2.24) is 4.90 Å². The average Bonchev–Trinajstić information content (AvgIpc) is 2.81. The molecule has 4 heteroatoms. The molecule has 20 heavy (non-hydrogen) atoms. The number of amidine groups is 1. The van der Waals surface area contributed by atoms with Crippen LogP contribution in [0.5, 0.6) is 0 Å². The lowest BCUT2D eigenvalue weighted by Gasteiger charge is -2.27. The summed E-state index contributed by atoms with van der Waals surface area (Å²) in [6.45, 7) is 4.11. The standard InChI is InChI=1S/C16H18N2OS/c1-12-6-5-7-13(10-12)11-14-15(19)17-16(20-14)18-8-3-2-4-9-18/h5-7,10-11H,2-4,8-9H2,1H3/b14-11-. The monoisotopic (exact) mass is 286 g/mol. The highest BCUT2D eigenvalue weighted by Crippen LogP contribution is 2.31. The van der Waals surface area contributed by atoms with Crippen LogP contribution in [0, 0.1) is 6.92 Å². The zero-order chi connectivity index (χ0) is 13.9. The summed E-state index contributed by atoms with van der Waals surface area (Å²) >= 11 is 1.51. The number of aryl methyl sites for hydroxylation is 1. The van der Waals surface area contributed by atoms with Crippen LogP contribution >= 0.6 is 11.8 Å². The molecular weight excluding hydrogens is 268 g/mol. The molecule has 0 radical (unpaired) electrons. The van der Waals surface area contributed by atoms with Crippen molar-refractivity contribution in [2.45, 2.75) is 26.2 Å². The van der Waals surface area contributed by atoms with Crippen LogP contribution in [-0.4, -0.2) is 29.1 Å². The van der Waals surface area contributed by atoms with E-state index in [0.717, 1.165) is 28.7 Å². The molecule has 1 aromatic rings. The van der Waals surface area contributed by atoms with Gasteiger partial charge in [0.25, 0.3) is 5.91 Å². The average molecular weight is 286 g/mol. The number of carbonyl (C=O) groups excluding carboxylic acids is 1. The summed E-state index contributed by atoms with van der Waals surface area (Å²) in [4.78, 5) is 19.2. The highest BCUT2D eigenvalue weighted by molar-refractivity contribution is 8.18. The van der Waals surface area contributed by atoms with Gasteiger partial charge in [-0.1, -0.05) is 29.8 Å². The van der Waals surface area contributed by atoms with E-state index in [1.807, 2.05) is 18.2 Å². The topological polar surface area (TPSA) is 32.7 Å². The normalized spacial score (nSPS) is 21.4. The van der Waals surface area contributed by atoms with E-state index in [-0.39, 0.29) is 5.91 Å². The molecule has 0 N–H and O–H groups in total. The van der Waals surface area contributed by atoms with E-state index in [9.17, 15) is 4.79 Å². The first kappa shape index (κ1) is 13.4. The van der Waals surface area contributed by atoms with Gasteiger partial charge >= 0.3 is 0 Å². The number of hydrogen-bond donors (Lipinski definition) is 0. The number of aliphatic imine (C=N–C) groups is 1. The van der Waals surface area contributed by atoms with Gasteiger partial charge in [0, 0.05) is 13.1 Å². The lowest BCUT2D eigenvalue weighted by Crippen LogP contribution is -2.33. The number of carbonyl (C=O) groups is 1. The zero-order valence-corrected chi connectivity index (χ0v) is 12.4. The summed E-state index contributed by atoms with van der Waals surface area (Å²) in [6, 6.07) is 8.17. The quantitative estimate of drug-likeness (QED) is 0.741. The predicted octanol–water partition coefficient (Wildman–Crippen LogP) is 3.45. The Morgan fingerprint density at radius 2 is 2.05 bits per heavy atom. The summed E-state index contributed by atoms with van der Waals surface area (Å²) in [5.74, 6) is -0.0999. The molecule has 0 unspecified atom stereocenters. The number of likely N-dealkylation sites (tertiary alicyclic amines) is 1. The Kier molecular flexibility index (Phi) is 3.92. The molecule has 104 valence electrons. The van der Waals surface area contributed by atoms with Crippen LogP contribution in [0.3, 0.4) is 0 Å². The Morgan fingerprint density at radius 3 is 2.80 bits per heavy atom. The summed E-state index contributed by atoms with van der Waals surface area (Å²) in [7, 11) is 0.